The van der Waals surface area contributed by atoms with E-state index in [1.54, 1.807) is 37.4 Å². The zero-order chi connectivity index (χ0) is 32.8. The summed E-state index contributed by atoms with van der Waals surface area (Å²) in [6.07, 6.45) is 1.36. The van der Waals surface area contributed by atoms with Gasteiger partial charge in [0.25, 0.3) is 5.91 Å². The minimum Gasteiger partial charge on any atom is -0.543 e. The molecule has 14 nitrogen and oxygen atoms in total. The van der Waals surface area contributed by atoms with E-state index in [0.29, 0.717) is 29.1 Å². The summed E-state index contributed by atoms with van der Waals surface area (Å²) in [5.74, 6) is -2.71. The van der Waals surface area contributed by atoms with Crippen molar-refractivity contribution in [1.82, 2.24) is 40.6 Å². The Hall–Kier alpha value is -3.70. The van der Waals surface area contributed by atoms with Gasteiger partial charge in [0.2, 0.25) is 17.0 Å². The van der Waals surface area contributed by atoms with Crippen molar-refractivity contribution in [2.24, 2.45) is 7.05 Å². The van der Waals surface area contributed by atoms with E-state index in [2.05, 4.69) is 26.2 Å². The van der Waals surface area contributed by atoms with Gasteiger partial charge in [0, 0.05) is 32.0 Å². The zero-order valence-electron chi connectivity index (χ0n) is 26.0. The Balaban J connectivity index is 0.00000500. The quantitative estimate of drug-likeness (QED) is 0.118. The number of rotatable bonds is 12. The third-order valence-corrected chi connectivity index (χ3v) is 9.97. The largest absolute Gasteiger partial charge is 1.00 e. The van der Waals surface area contributed by atoms with E-state index >= 15 is 0 Å². The van der Waals surface area contributed by atoms with E-state index in [1.807, 2.05) is 30.3 Å². The van der Waals surface area contributed by atoms with Gasteiger partial charge in [-0.15, -0.1) is 16.9 Å². The zero-order valence-corrected chi connectivity index (χ0v) is 29.6. The van der Waals surface area contributed by atoms with E-state index in [0.717, 1.165) is 15.4 Å². The van der Waals surface area contributed by atoms with Crippen LogP contribution in [0.4, 0.5) is 4.79 Å². The summed E-state index contributed by atoms with van der Waals surface area (Å²) >= 11 is 2.53. The standard InChI is InChI=1S/C30H32N8O6S2.Na/c1-36(21(39)15-9-12-18-10-5-3-6-11-18)29(44)32-22(19-13-7-4-8-14-19)25(40)31-23-26(41)38-24(28(42)43)20(16-45-27(23)38)17-46-30-33-34-35-37(30)2;/h3-8,10-11,13-14,22-23,27H,9,12,15-17H2,1-2H3,(H,31,40)(H,32,44)(H,42,43);/q;+1/p-1/t22-,23?,27-;/m1./s1. The maximum atomic E-state index is 13.6. The molecule has 240 valence electrons. The van der Waals surface area contributed by atoms with Crippen LogP contribution in [0.1, 0.15) is 30.0 Å². The number of thioether (sulfide) groups is 2. The van der Waals surface area contributed by atoms with Crippen LogP contribution in [-0.4, -0.2) is 89.7 Å². The third kappa shape index (κ3) is 8.43. The Kier molecular flexibility index (Phi) is 12.6. The molecule has 5 rings (SSSR count). The number of carboxylic acid groups (broad SMARTS) is 1. The predicted octanol–water partition coefficient (Wildman–Crippen LogP) is -2.36. The maximum Gasteiger partial charge on any atom is 1.00 e. The molecule has 0 bridgehead atoms. The first-order chi connectivity index (χ1) is 22.2. The van der Waals surface area contributed by atoms with Gasteiger partial charge in [-0.2, -0.15) is 0 Å². The van der Waals surface area contributed by atoms with Crippen molar-refractivity contribution in [3.63, 3.8) is 0 Å². The number of urea groups is 1. The van der Waals surface area contributed by atoms with E-state index in [9.17, 15) is 29.1 Å². The van der Waals surface area contributed by atoms with E-state index in [1.165, 1.54) is 35.3 Å². The van der Waals surface area contributed by atoms with Crippen molar-refractivity contribution in [3.8, 4) is 0 Å². The molecule has 2 N–H and O–H groups in total. The summed E-state index contributed by atoms with van der Waals surface area (Å²) in [6, 6.07) is 15.1. The normalized spacial score (nSPS) is 17.5. The fourth-order valence-electron chi connectivity index (χ4n) is 5.05. The molecule has 3 heterocycles. The van der Waals surface area contributed by atoms with Gasteiger partial charge in [-0.3, -0.25) is 24.2 Å². The fraction of sp³-hybridized carbons (Fsp3) is 0.333. The molecule has 0 radical (unpaired) electrons. The molecule has 0 spiro atoms. The number of aliphatic carboxylic acids is 1. The Labute approximate surface area is 301 Å². The molecule has 0 saturated carbocycles. The summed E-state index contributed by atoms with van der Waals surface area (Å²) in [5.41, 5.74) is 1.76. The molecule has 17 heteroatoms. The average Bonchev–Trinajstić information content (AvgIpc) is 3.48. The number of hydrogen-bond acceptors (Lipinski definition) is 11. The monoisotopic (exact) mass is 686 g/mol. The number of imide groups is 1. The Morgan fingerprint density at radius 1 is 1.11 bits per heavy atom. The molecule has 47 heavy (non-hydrogen) atoms. The minimum atomic E-state index is -1.50. The second-order valence-corrected chi connectivity index (χ2v) is 12.6. The van der Waals surface area contributed by atoms with Crippen LogP contribution in [0.3, 0.4) is 0 Å². The van der Waals surface area contributed by atoms with Crippen LogP contribution in [-0.2, 0) is 32.6 Å². The van der Waals surface area contributed by atoms with Crippen LogP contribution in [0, 0.1) is 0 Å². The smallest absolute Gasteiger partial charge is 0.543 e. The number of carboxylic acids is 1. The number of nitrogens with one attached hydrogen (secondary N) is 2. The number of amides is 5. The molecule has 1 aromatic heterocycles. The predicted molar refractivity (Wildman–Crippen MR) is 166 cm³/mol. The van der Waals surface area contributed by atoms with Crippen molar-refractivity contribution in [2.75, 3.05) is 18.6 Å². The van der Waals surface area contributed by atoms with Crippen molar-refractivity contribution >= 4 is 53.2 Å². The van der Waals surface area contributed by atoms with Crippen LogP contribution in [0.15, 0.2) is 77.1 Å². The Morgan fingerprint density at radius 3 is 2.43 bits per heavy atom. The number of benzene rings is 2. The number of aromatic nitrogens is 4. The maximum absolute atomic E-state index is 13.6. The topological polar surface area (TPSA) is 183 Å². The molecule has 3 atom stereocenters. The molecule has 1 unspecified atom stereocenters. The second-order valence-electron chi connectivity index (χ2n) is 10.6. The average molecular weight is 687 g/mol. The van der Waals surface area contributed by atoms with Crippen LogP contribution in [0.5, 0.6) is 0 Å². The SMILES string of the molecule is CN(C(=O)CCCc1ccccc1)C(=O)N[C@@H](C(=O)NC1C(=O)N2C(C(=O)[O-])=C(CSc3nnnn3C)CS[C@H]12)c1ccccc1.[Na+]. The summed E-state index contributed by atoms with van der Waals surface area (Å²) in [5, 5.41) is 28.4. The molecule has 2 aliphatic heterocycles. The number of aryl methyl sites for hydroxylation is 2. The first-order valence-corrected chi connectivity index (χ1v) is 16.4. The first-order valence-electron chi connectivity index (χ1n) is 14.3. The van der Waals surface area contributed by atoms with Gasteiger partial charge < -0.3 is 20.5 Å². The number of nitrogens with zero attached hydrogens (tertiary/aromatic N) is 6. The summed E-state index contributed by atoms with van der Waals surface area (Å²) in [6.45, 7) is 0. The molecular formula is C30H31N8NaO6S2. The van der Waals surface area contributed by atoms with Gasteiger partial charge in [-0.25, -0.2) is 9.48 Å². The van der Waals surface area contributed by atoms with Gasteiger partial charge >= 0.3 is 35.6 Å². The molecule has 1 fully saturated rings. The number of fused-ring (bicyclic) bond motifs is 1. The molecule has 5 amide bonds. The first kappa shape index (κ1) is 36.1. The molecule has 3 aromatic rings. The molecule has 0 aliphatic carbocycles. The van der Waals surface area contributed by atoms with Crippen LogP contribution >= 0.6 is 23.5 Å². The number of tetrazole rings is 1. The van der Waals surface area contributed by atoms with E-state index in [-0.39, 0.29) is 53.2 Å². The Morgan fingerprint density at radius 2 is 1.79 bits per heavy atom. The summed E-state index contributed by atoms with van der Waals surface area (Å²) < 4.78 is 1.45. The number of carbonyl (C=O) groups excluding carboxylic acids is 5. The number of carbonyl (C=O) groups is 5. The van der Waals surface area contributed by atoms with Crippen molar-refractivity contribution in [3.05, 3.63) is 83.1 Å². The summed E-state index contributed by atoms with van der Waals surface area (Å²) in [4.78, 5) is 67.0. The van der Waals surface area contributed by atoms with Crippen molar-refractivity contribution < 1.29 is 58.6 Å². The molecule has 1 saturated heterocycles. The number of hydrogen-bond donors (Lipinski definition) is 2. The molecule has 2 aliphatic rings. The minimum absolute atomic E-state index is 0. The molecular weight excluding hydrogens is 656 g/mol. The van der Waals surface area contributed by atoms with Crippen molar-refractivity contribution in [1.29, 1.82) is 0 Å². The Bertz CT molecular complexity index is 1660. The molecule has 2 aromatic carbocycles. The second kappa shape index (κ2) is 16.4. The van der Waals surface area contributed by atoms with Gasteiger partial charge in [-0.1, -0.05) is 72.4 Å². The van der Waals surface area contributed by atoms with Gasteiger partial charge in [-0.05, 0) is 40.0 Å². The van der Waals surface area contributed by atoms with Crippen molar-refractivity contribution in [2.45, 2.75) is 41.9 Å². The number of β-lactam (4-membered cyclic amide) rings is 1. The van der Waals surface area contributed by atoms with E-state index < -0.39 is 47.2 Å². The summed E-state index contributed by atoms with van der Waals surface area (Å²) in [7, 11) is 3.00. The van der Waals surface area contributed by atoms with Gasteiger partial charge in [0.15, 0.2) is 0 Å². The van der Waals surface area contributed by atoms with Gasteiger partial charge in [0.1, 0.15) is 17.5 Å². The van der Waals surface area contributed by atoms with Crippen LogP contribution in [0.2, 0.25) is 0 Å². The van der Waals surface area contributed by atoms with Crippen LogP contribution in [0.25, 0.3) is 0 Å². The van der Waals surface area contributed by atoms with E-state index in [4.69, 9.17) is 0 Å². The van der Waals surface area contributed by atoms with Crippen LogP contribution < -0.4 is 45.3 Å². The van der Waals surface area contributed by atoms with Gasteiger partial charge in [0.05, 0.1) is 11.7 Å². The fourth-order valence-corrected chi connectivity index (χ4v) is 7.38. The third-order valence-electron chi connectivity index (χ3n) is 7.54.